The molecule has 150 valence electrons. The standard InChI is InChI=1S/C22H20O6S/c1-13-7-17-15(9-21(23)28-19(17)8-14(13)2)11-27-22(24)12-29-16-3-4-18-20(10-16)26-6-5-25-18/h3-4,7-10H,5-6,11-12H2,1-2H3. The number of thioether (sulfide) groups is 1. The second-order valence-corrected chi connectivity index (χ2v) is 7.83. The minimum atomic E-state index is -0.461. The molecule has 7 heteroatoms. The molecule has 0 spiro atoms. The molecule has 2 heterocycles. The lowest BCUT2D eigenvalue weighted by Gasteiger charge is -2.18. The molecule has 0 aliphatic carbocycles. The van der Waals surface area contributed by atoms with Gasteiger partial charge in [0.1, 0.15) is 25.4 Å². The average Bonchev–Trinajstić information content (AvgIpc) is 2.71. The summed E-state index contributed by atoms with van der Waals surface area (Å²) in [6.07, 6.45) is 0. The quantitative estimate of drug-likeness (QED) is 0.356. The van der Waals surface area contributed by atoms with Gasteiger partial charge in [-0.05, 0) is 55.3 Å². The first-order valence-corrected chi connectivity index (χ1v) is 10.2. The number of benzene rings is 2. The summed E-state index contributed by atoms with van der Waals surface area (Å²) in [4.78, 5) is 25.0. The van der Waals surface area contributed by atoms with Crippen LogP contribution < -0.4 is 15.1 Å². The maximum Gasteiger partial charge on any atom is 0.336 e. The number of esters is 1. The number of fused-ring (bicyclic) bond motifs is 2. The fraction of sp³-hybridized carbons (Fsp3) is 0.273. The molecular formula is C22H20O6S. The van der Waals surface area contributed by atoms with Crippen LogP contribution in [0.25, 0.3) is 11.0 Å². The van der Waals surface area contributed by atoms with Crippen LogP contribution in [-0.4, -0.2) is 24.9 Å². The average molecular weight is 412 g/mol. The van der Waals surface area contributed by atoms with E-state index in [-0.39, 0.29) is 18.3 Å². The van der Waals surface area contributed by atoms with Gasteiger partial charge in [0.2, 0.25) is 0 Å². The van der Waals surface area contributed by atoms with Crippen molar-refractivity contribution >= 4 is 28.7 Å². The van der Waals surface area contributed by atoms with Crippen LogP contribution in [-0.2, 0) is 16.1 Å². The van der Waals surface area contributed by atoms with E-state index in [0.717, 1.165) is 21.4 Å². The largest absolute Gasteiger partial charge is 0.486 e. The van der Waals surface area contributed by atoms with E-state index in [0.29, 0.717) is 35.9 Å². The van der Waals surface area contributed by atoms with E-state index in [1.807, 2.05) is 44.2 Å². The van der Waals surface area contributed by atoms with Crippen molar-refractivity contribution in [2.75, 3.05) is 19.0 Å². The van der Waals surface area contributed by atoms with Crippen LogP contribution in [0.3, 0.4) is 0 Å². The predicted octanol–water partition coefficient (Wildman–Crippen LogP) is 4.02. The third-order valence-corrected chi connectivity index (χ3v) is 5.67. The Morgan fingerprint density at radius 1 is 1.03 bits per heavy atom. The van der Waals surface area contributed by atoms with E-state index in [4.69, 9.17) is 18.6 Å². The summed E-state index contributed by atoms with van der Waals surface area (Å²) in [5, 5.41) is 0.778. The number of aryl methyl sites for hydroxylation is 2. The molecule has 3 aromatic rings. The SMILES string of the molecule is Cc1cc2oc(=O)cc(COC(=O)CSc3ccc4c(c3)OCCO4)c2cc1C. The van der Waals surface area contributed by atoms with Crippen LogP contribution in [0.4, 0.5) is 0 Å². The molecule has 0 radical (unpaired) electrons. The summed E-state index contributed by atoms with van der Waals surface area (Å²) in [5.74, 6) is 1.18. The molecule has 0 atom stereocenters. The second-order valence-electron chi connectivity index (χ2n) is 6.78. The number of carbonyl (C=O) groups is 1. The van der Waals surface area contributed by atoms with E-state index >= 15 is 0 Å². The lowest BCUT2D eigenvalue weighted by molar-refractivity contribution is -0.141. The van der Waals surface area contributed by atoms with Gasteiger partial charge >= 0.3 is 11.6 Å². The van der Waals surface area contributed by atoms with Gasteiger partial charge in [-0.25, -0.2) is 4.79 Å². The lowest BCUT2D eigenvalue weighted by atomic mass is 10.0. The summed E-state index contributed by atoms with van der Waals surface area (Å²) < 4.78 is 21.7. The van der Waals surface area contributed by atoms with Gasteiger partial charge in [0.25, 0.3) is 0 Å². The molecule has 0 fully saturated rings. The third-order valence-electron chi connectivity index (χ3n) is 4.70. The van der Waals surface area contributed by atoms with Crippen molar-refractivity contribution in [3.8, 4) is 11.5 Å². The van der Waals surface area contributed by atoms with Crippen LogP contribution in [0.5, 0.6) is 11.5 Å². The Bertz CT molecular complexity index is 1130. The molecule has 0 bridgehead atoms. The predicted molar refractivity (Wildman–Crippen MR) is 110 cm³/mol. The summed E-state index contributed by atoms with van der Waals surface area (Å²) in [6.45, 7) is 5.01. The molecule has 4 rings (SSSR count). The van der Waals surface area contributed by atoms with Crippen LogP contribution in [0.2, 0.25) is 0 Å². The Hall–Kier alpha value is -2.93. The minimum absolute atomic E-state index is 0.0190. The highest BCUT2D eigenvalue weighted by Gasteiger charge is 2.14. The lowest BCUT2D eigenvalue weighted by Crippen LogP contribution is -2.15. The zero-order chi connectivity index (χ0) is 20.4. The zero-order valence-corrected chi connectivity index (χ0v) is 17.0. The minimum Gasteiger partial charge on any atom is -0.486 e. The molecule has 0 N–H and O–H groups in total. The van der Waals surface area contributed by atoms with Gasteiger partial charge in [-0.15, -0.1) is 11.8 Å². The van der Waals surface area contributed by atoms with Crippen molar-refractivity contribution in [1.29, 1.82) is 0 Å². The van der Waals surface area contributed by atoms with Gasteiger partial charge < -0.3 is 18.6 Å². The van der Waals surface area contributed by atoms with E-state index in [1.165, 1.54) is 17.8 Å². The molecule has 0 saturated heterocycles. The Morgan fingerprint density at radius 3 is 2.62 bits per heavy atom. The summed E-state index contributed by atoms with van der Waals surface area (Å²) in [7, 11) is 0. The molecule has 1 aromatic heterocycles. The van der Waals surface area contributed by atoms with E-state index in [2.05, 4.69) is 0 Å². The second kappa shape index (κ2) is 8.21. The normalized spacial score (nSPS) is 12.8. The highest BCUT2D eigenvalue weighted by atomic mass is 32.2. The molecular weight excluding hydrogens is 392 g/mol. The highest BCUT2D eigenvalue weighted by molar-refractivity contribution is 8.00. The fourth-order valence-corrected chi connectivity index (χ4v) is 3.78. The Labute approximate surface area is 171 Å². The maximum atomic E-state index is 12.2. The van der Waals surface area contributed by atoms with Gasteiger partial charge in [-0.2, -0.15) is 0 Å². The van der Waals surface area contributed by atoms with E-state index < -0.39 is 5.63 Å². The van der Waals surface area contributed by atoms with Crippen molar-refractivity contribution in [2.45, 2.75) is 25.3 Å². The summed E-state index contributed by atoms with van der Waals surface area (Å²) in [5.41, 5.74) is 2.78. The van der Waals surface area contributed by atoms with Crippen LogP contribution in [0.15, 0.2) is 50.5 Å². The number of hydrogen-bond donors (Lipinski definition) is 0. The van der Waals surface area contributed by atoms with Gasteiger partial charge in [-0.3, -0.25) is 4.79 Å². The van der Waals surface area contributed by atoms with Crippen molar-refractivity contribution in [2.24, 2.45) is 0 Å². The topological polar surface area (TPSA) is 75.0 Å². The molecule has 0 saturated carbocycles. The highest BCUT2D eigenvalue weighted by Crippen LogP contribution is 2.34. The zero-order valence-electron chi connectivity index (χ0n) is 16.2. The summed E-state index contributed by atoms with van der Waals surface area (Å²) in [6, 6.07) is 10.7. The molecule has 6 nitrogen and oxygen atoms in total. The Balaban J connectivity index is 1.41. The number of hydrogen-bond acceptors (Lipinski definition) is 7. The van der Waals surface area contributed by atoms with Gasteiger partial charge in [0.05, 0.1) is 5.75 Å². The Kier molecular flexibility index (Phi) is 5.49. The fourth-order valence-electron chi connectivity index (χ4n) is 3.06. The van der Waals surface area contributed by atoms with E-state index in [1.54, 1.807) is 0 Å². The third kappa shape index (κ3) is 4.40. The number of ether oxygens (including phenoxy) is 3. The van der Waals surface area contributed by atoms with Crippen LogP contribution in [0, 0.1) is 13.8 Å². The molecule has 0 amide bonds. The molecule has 1 aliphatic rings. The molecule has 2 aromatic carbocycles. The molecule has 0 unspecified atom stereocenters. The Morgan fingerprint density at radius 2 is 1.79 bits per heavy atom. The first-order valence-electron chi connectivity index (χ1n) is 9.21. The van der Waals surface area contributed by atoms with Gasteiger partial charge in [-0.1, -0.05) is 0 Å². The van der Waals surface area contributed by atoms with Gasteiger partial charge in [0.15, 0.2) is 11.5 Å². The van der Waals surface area contributed by atoms with Crippen LogP contribution in [0.1, 0.15) is 16.7 Å². The first kappa shape index (κ1) is 19.4. The number of carbonyl (C=O) groups excluding carboxylic acids is 1. The monoisotopic (exact) mass is 412 g/mol. The number of rotatable bonds is 5. The molecule has 29 heavy (non-hydrogen) atoms. The van der Waals surface area contributed by atoms with Crippen molar-refractivity contribution < 1.29 is 23.4 Å². The van der Waals surface area contributed by atoms with Gasteiger partial charge in [0, 0.05) is 21.9 Å². The van der Waals surface area contributed by atoms with Crippen molar-refractivity contribution in [1.82, 2.24) is 0 Å². The first-order chi connectivity index (χ1) is 14.0. The smallest absolute Gasteiger partial charge is 0.336 e. The summed E-state index contributed by atoms with van der Waals surface area (Å²) >= 11 is 1.36. The maximum absolute atomic E-state index is 12.2. The van der Waals surface area contributed by atoms with Crippen molar-refractivity contribution in [3.63, 3.8) is 0 Å². The van der Waals surface area contributed by atoms with Crippen molar-refractivity contribution in [3.05, 3.63) is 63.5 Å². The van der Waals surface area contributed by atoms with Crippen LogP contribution >= 0.6 is 11.8 Å². The molecule has 1 aliphatic heterocycles. The van der Waals surface area contributed by atoms with E-state index in [9.17, 15) is 9.59 Å².